The summed E-state index contributed by atoms with van der Waals surface area (Å²) in [6, 6.07) is 19.0. The quantitative estimate of drug-likeness (QED) is 0.468. The third-order valence-electron chi connectivity index (χ3n) is 6.69. The largest absolute Gasteiger partial charge is 0.321 e. The van der Waals surface area contributed by atoms with Crippen molar-refractivity contribution < 1.29 is 8.42 Å². The van der Waals surface area contributed by atoms with Gasteiger partial charge in [-0.15, -0.1) is 11.3 Å². The molecule has 1 unspecified atom stereocenters. The van der Waals surface area contributed by atoms with Crippen LogP contribution >= 0.6 is 11.3 Å². The predicted octanol–water partition coefficient (Wildman–Crippen LogP) is 5.32. The van der Waals surface area contributed by atoms with E-state index in [9.17, 15) is 8.42 Å². The van der Waals surface area contributed by atoms with Crippen molar-refractivity contribution in [1.29, 1.82) is 0 Å². The molecule has 1 aromatic heterocycles. The van der Waals surface area contributed by atoms with E-state index in [1.807, 2.05) is 6.07 Å². The van der Waals surface area contributed by atoms with Gasteiger partial charge in [-0.05, 0) is 42.7 Å². The lowest BCUT2D eigenvalue weighted by Crippen LogP contribution is -2.43. The molecule has 5 rings (SSSR count). The van der Waals surface area contributed by atoms with E-state index in [4.69, 9.17) is 10.7 Å². The van der Waals surface area contributed by atoms with Gasteiger partial charge in [-0.3, -0.25) is 0 Å². The van der Waals surface area contributed by atoms with Gasteiger partial charge in [0.15, 0.2) is 0 Å². The zero-order valence-corrected chi connectivity index (χ0v) is 20.8. The highest BCUT2D eigenvalue weighted by molar-refractivity contribution is 7.88. The average molecular weight is 492 g/mol. The molecule has 1 heterocycles. The molecule has 0 amide bonds. The van der Waals surface area contributed by atoms with Crippen LogP contribution in [0.2, 0.25) is 0 Å². The first-order valence-corrected chi connectivity index (χ1v) is 14.3. The molecule has 0 aliphatic heterocycles. The molecule has 0 spiro atoms. The summed E-state index contributed by atoms with van der Waals surface area (Å²) in [4.78, 5) is 6.22. The second-order valence-corrected chi connectivity index (χ2v) is 12.1. The number of aromatic nitrogens is 1. The molecule has 2 aliphatic rings. The maximum atomic E-state index is 11.4. The standard InChI is InChI=1S/C27H29N3O2S2/c1-34(31,32)29-18-19-8-10-22(11-9-19)26-30-24(25(33-26)21-6-3-2-4-7-21)20-12-14-23(15-13-20)27(28)16-5-17-27/h2-4,6-8,10-15,19,29H,5,9,16-18,28H2,1H3. The first-order chi connectivity index (χ1) is 16.3. The van der Waals surface area contributed by atoms with Crippen LogP contribution in [-0.2, 0) is 15.6 Å². The van der Waals surface area contributed by atoms with E-state index < -0.39 is 10.0 Å². The Balaban J connectivity index is 1.44. The van der Waals surface area contributed by atoms with Gasteiger partial charge in [0, 0.05) is 23.2 Å². The number of rotatable bonds is 7. The number of thiazole rings is 1. The highest BCUT2D eigenvalue weighted by Gasteiger charge is 2.34. The number of nitrogens with two attached hydrogens (primary N) is 1. The lowest BCUT2D eigenvalue weighted by molar-refractivity contribution is 0.253. The molecule has 0 radical (unpaired) electrons. The molecule has 2 aromatic carbocycles. The Bertz CT molecular complexity index is 1340. The molecule has 0 bridgehead atoms. The van der Waals surface area contributed by atoms with Gasteiger partial charge in [0.1, 0.15) is 5.01 Å². The molecule has 1 fully saturated rings. The number of hydrogen-bond donors (Lipinski definition) is 2. The van der Waals surface area contributed by atoms with Crippen LogP contribution in [0, 0.1) is 5.92 Å². The van der Waals surface area contributed by atoms with Crippen molar-refractivity contribution >= 4 is 26.9 Å². The topological polar surface area (TPSA) is 85.1 Å². The van der Waals surface area contributed by atoms with Crippen molar-refractivity contribution in [3.8, 4) is 21.7 Å². The summed E-state index contributed by atoms with van der Waals surface area (Å²) in [5.74, 6) is 0.147. The van der Waals surface area contributed by atoms with Crippen molar-refractivity contribution in [3.63, 3.8) is 0 Å². The Morgan fingerprint density at radius 1 is 1.09 bits per heavy atom. The maximum absolute atomic E-state index is 11.4. The fourth-order valence-corrected chi connectivity index (χ4v) is 6.09. The van der Waals surface area contributed by atoms with E-state index in [0.717, 1.165) is 51.5 Å². The molecular formula is C27H29N3O2S2. The Labute approximate surface area is 205 Å². The molecular weight excluding hydrogens is 462 g/mol. The van der Waals surface area contributed by atoms with Crippen molar-refractivity contribution in [2.45, 2.75) is 31.2 Å². The van der Waals surface area contributed by atoms with Gasteiger partial charge < -0.3 is 5.73 Å². The summed E-state index contributed by atoms with van der Waals surface area (Å²) in [6.07, 6.45) is 11.5. The van der Waals surface area contributed by atoms with Crippen LogP contribution < -0.4 is 10.5 Å². The van der Waals surface area contributed by atoms with Gasteiger partial charge in [0.2, 0.25) is 10.0 Å². The highest BCUT2D eigenvalue weighted by atomic mass is 32.2. The van der Waals surface area contributed by atoms with Crippen LogP contribution in [0.3, 0.4) is 0 Å². The summed E-state index contributed by atoms with van der Waals surface area (Å²) < 4.78 is 25.4. The minimum Gasteiger partial charge on any atom is -0.321 e. The molecule has 5 nitrogen and oxygen atoms in total. The second kappa shape index (κ2) is 9.23. The first kappa shape index (κ1) is 23.2. The summed E-state index contributed by atoms with van der Waals surface area (Å²) in [5.41, 5.74) is 11.8. The van der Waals surface area contributed by atoms with Gasteiger partial charge in [-0.25, -0.2) is 18.1 Å². The van der Waals surface area contributed by atoms with Crippen LogP contribution in [0.4, 0.5) is 0 Å². The molecule has 176 valence electrons. The van der Waals surface area contributed by atoms with E-state index in [2.05, 4.69) is 71.5 Å². The van der Waals surface area contributed by atoms with Crippen LogP contribution in [0.15, 0.2) is 72.8 Å². The van der Waals surface area contributed by atoms with E-state index >= 15 is 0 Å². The minimum absolute atomic E-state index is 0.147. The number of allylic oxidation sites excluding steroid dienone is 3. The van der Waals surface area contributed by atoms with Gasteiger partial charge in [0.05, 0.1) is 16.8 Å². The Morgan fingerprint density at radius 3 is 2.41 bits per heavy atom. The maximum Gasteiger partial charge on any atom is 0.208 e. The average Bonchev–Trinajstić information content (AvgIpc) is 3.27. The number of hydrogen-bond acceptors (Lipinski definition) is 5. The Morgan fingerprint density at radius 2 is 1.82 bits per heavy atom. The van der Waals surface area contributed by atoms with Crippen molar-refractivity contribution in [1.82, 2.24) is 9.71 Å². The summed E-state index contributed by atoms with van der Waals surface area (Å²) in [6.45, 7) is 0.409. The zero-order valence-electron chi connectivity index (χ0n) is 19.2. The molecule has 1 atom stereocenters. The third-order valence-corrected chi connectivity index (χ3v) is 8.53. The Hall–Kier alpha value is -2.58. The minimum atomic E-state index is -3.19. The smallest absolute Gasteiger partial charge is 0.208 e. The normalized spacial score (nSPS) is 19.5. The molecule has 2 aliphatic carbocycles. The zero-order chi connectivity index (χ0) is 23.8. The van der Waals surface area contributed by atoms with Crippen molar-refractivity contribution in [2.75, 3.05) is 12.8 Å². The number of benzene rings is 2. The fraction of sp³-hybridized carbons (Fsp3) is 0.296. The van der Waals surface area contributed by atoms with Crippen molar-refractivity contribution in [2.24, 2.45) is 11.7 Å². The van der Waals surface area contributed by atoms with E-state index in [1.165, 1.54) is 18.2 Å². The number of nitrogens with one attached hydrogen (secondary N) is 1. The van der Waals surface area contributed by atoms with Gasteiger partial charge in [-0.2, -0.15) is 0 Å². The summed E-state index contributed by atoms with van der Waals surface area (Å²) in [7, 11) is -3.19. The molecule has 0 saturated heterocycles. The molecule has 1 saturated carbocycles. The number of nitrogens with zero attached hydrogens (tertiary/aromatic N) is 1. The molecule has 34 heavy (non-hydrogen) atoms. The second-order valence-electron chi connectivity index (χ2n) is 9.28. The first-order valence-electron chi connectivity index (χ1n) is 11.6. The highest BCUT2D eigenvalue weighted by Crippen LogP contribution is 2.42. The lowest BCUT2D eigenvalue weighted by Gasteiger charge is -2.38. The van der Waals surface area contributed by atoms with Crippen LogP contribution in [0.5, 0.6) is 0 Å². The third kappa shape index (κ3) is 4.93. The number of sulfonamides is 1. The summed E-state index contributed by atoms with van der Waals surface area (Å²) >= 11 is 1.69. The van der Waals surface area contributed by atoms with E-state index in [1.54, 1.807) is 11.3 Å². The van der Waals surface area contributed by atoms with Crippen LogP contribution in [0.25, 0.3) is 27.3 Å². The molecule has 3 aromatic rings. The fourth-order valence-electron chi connectivity index (χ4n) is 4.46. The Kier molecular flexibility index (Phi) is 6.29. The SMILES string of the molecule is CS(=O)(=O)NCC1C=CC(c2nc(-c3ccc(C4(N)CCC4)cc3)c(-c3ccccc3)s2)=CC1. The van der Waals surface area contributed by atoms with Gasteiger partial charge >= 0.3 is 0 Å². The van der Waals surface area contributed by atoms with Crippen LogP contribution in [-0.4, -0.2) is 26.2 Å². The molecule has 7 heteroatoms. The van der Waals surface area contributed by atoms with Crippen LogP contribution in [0.1, 0.15) is 36.3 Å². The van der Waals surface area contributed by atoms with Gasteiger partial charge in [-0.1, -0.05) is 72.8 Å². The van der Waals surface area contributed by atoms with E-state index in [0.29, 0.717) is 6.54 Å². The van der Waals surface area contributed by atoms with E-state index in [-0.39, 0.29) is 11.5 Å². The van der Waals surface area contributed by atoms with Crippen molar-refractivity contribution in [3.05, 3.63) is 83.4 Å². The monoisotopic (exact) mass is 491 g/mol. The molecule has 3 N–H and O–H groups in total. The lowest BCUT2D eigenvalue weighted by atomic mass is 9.72. The summed E-state index contributed by atoms with van der Waals surface area (Å²) in [5, 5.41) is 0.970. The van der Waals surface area contributed by atoms with Gasteiger partial charge in [0.25, 0.3) is 0 Å². The predicted molar refractivity (Wildman–Crippen MR) is 141 cm³/mol.